The molecule has 1 aromatic carbocycles. The lowest BCUT2D eigenvalue weighted by atomic mass is 9.76. The zero-order valence-electron chi connectivity index (χ0n) is 14.3. The van der Waals surface area contributed by atoms with Crippen LogP contribution in [0.4, 0.5) is 5.69 Å². The van der Waals surface area contributed by atoms with E-state index in [4.69, 9.17) is 0 Å². The zero-order valence-corrected chi connectivity index (χ0v) is 16.0. The van der Waals surface area contributed by atoms with Crippen molar-refractivity contribution in [2.24, 2.45) is 5.41 Å². The average Bonchev–Trinajstić information content (AvgIpc) is 2.91. The number of hydrogen-bond donors (Lipinski definition) is 2. The fraction of sp³-hybridized carbons (Fsp3) is 0.421. The first-order valence-corrected chi connectivity index (χ1v) is 9.49. The van der Waals surface area contributed by atoms with E-state index in [0.29, 0.717) is 5.56 Å². The van der Waals surface area contributed by atoms with Crippen LogP contribution in [-0.2, 0) is 12.8 Å². The molecule has 128 valence electrons. The number of benzene rings is 1. The van der Waals surface area contributed by atoms with Crippen molar-refractivity contribution in [1.29, 1.82) is 0 Å². The van der Waals surface area contributed by atoms with Gasteiger partial charge in [0.15, 0.2) is 0 Å². The number of thiophene rings is 1. The molecule has 5 heteroatoms. The Kier molecular flexibility index (Phi) is 4.67. The minimum Gasteiger partial charge on any atom is -0.478 e. The smallest absolute Gasteiger partial charge is 0.337 e. The Labute approximate surface area is 152 Å². The van der Waals surface area contributed by atoms with Crippen molar-refractivity contribution < 1.29 is 9.90 Å². The molecule has 1 aliphatic carbocycles. The average molecular weight is 362 g/mol. The van der Waals surface area contributed by atoms with Gasteiger partial charge in [0.25, 0.3) is 0 Å². The molecule has 1 N–H and O–H groups in total. The summed E-state index contributed by atoms with van der Waals surface area (Å²) in [6.45, 7) is 7.23. The first kappa shape index (κ1) is 17.4. The van der Waals surface area contributed by atoms with Crippen LogP contribution in [0.5, 0.6) is 0 Å². The van der Waals surface area contributed by atoms with E-state index >= 15 is 0 Å². The van der Waals surface area contributed by atoms with Crippen molar-refractivity contribution in [3.63, 3.8) is 0 Å². The third-order valence-corrected chi connectivity index (χ3v) is 6.54. The van der Waals surface area contributed by atoms with E-state index < -0.39 is 5.97 Å². The normalized spacial score (nSPS) is 15.8. The second-order valence-electron chi connectivity index (χ2n) is 7.09. The summed E-state index contributed by atoms with van der Waals surface area (Å²) in [5.74, 6) is -0.822. The number of para-hydroxylation sites is 1. The molecule has 0 aliphatic heterocycles. The van der Waals surface area contributed by atoms with E-state index in [1.165, 1.54) is 4.88 Å². The number of carboxylic acids is 1. The van der Waals surface area contributed by atoms with Crippen molar-refractivity contribution in [3.8, 4) is 10.4 Å². The quantitative estimate of drug-likeness (QED) is 0.726. The van der Waals surface area contributed by atoms with Crippen molar-refractivity contribution in [2.45, 2.75) is 40.0 Å². The SMILES string of the molecule is CCN(S)c1ccccc1-c1sc2c(c1C(=O)O)CC(C)(C)CC2. The van der Waals surface area contributed by atoms with Crippen LogP contribution in [0, 0.1) is 5.41 Å². The summed E-state index contributed by atoms with van der Waals surface area (Å²) in [6, 6.07) is 7.93. The van der Waals surface area contributed by atoms with E-state index in [2.05, 4.69) is 26.7 Å². The van der Waals surface area contributed by atoms with Crippen molar-refractivity contribution in [1.82, 2.24) is 0 Å². The van der Waals surface area contributed by atoms with Gasteiger partial charge in [0.1, 0.15) is 0 Å². The number of anilines is 1. The molecule has 1 aromatic heterocycles. The fourth-order valence-corrected chi connectivity index (χ4v) is 4.91. The molecule has 2 aromatic rings. The van der Waals surface area contributed by atoms with Crippen molar-refractivity contribution in [3.05, 3.63) is 40.3 Å². The van der Waals surface area contributed by atoms with Gasteiger partial charge in [-0.2, -0.15) is 0 Å². The van der Waals surface area contributed by atoms with Crippen LogP contribution in [-0.4, -0.2) is 17.6 Å². The number of thiol groups is 1. The minimum absolute atomic E-state index is 0.161. The zero-order chi connectivity index (χ0) is 17.5. The van der Waals surface area contributed by atoms with Crippen LogP contribution in [0.3, 0.4) is 0 Å². The number of carboxylic acid groups (broad SMARTS) is 1. The maximum absolute atomic E-state index is 12.1. The number of aromatic carboxylic acids is 1. The Bertz CT molecular complexity index is 780. The van der Waals surface area contributed by atoms with Crippen LogP contribution < -0.4 is 4.31 Å². The Balaban J connectivity index is 2.21. The highest BCUT2D eigenvalue weighted by Crippen LogP contribution is 2.47. The number of nitrogens with zero attached hydrogens (tertiary/aromatic N) is 1. The molecule has 0 amide bonds. The molecule has 24 heavy (non-hydrogen) atoms. The predicted molar refractivity (Wildman–Crippen MR) is 105 cm³/mol. The highest BCUT2D eigenvalue weighted by atomic mass is 32.1. The van der Waals surface area contributed by atoms with E-state index in [9.17, 15) is 9.90 Å². The van der Waals surface area contributed by atoms with Crippen LogP contribution in [0.15, 0.2) is 24.3 Å². The Hall–Kier alpha value is -1.46. The molecule has 3 rings (SSSR count). The number of aryl methyl sites for hydroxylation is 1. The predicted octanol–water partition coefficient (Wildman–Crippen LogP) is 5.30. The molecule has 0 spiro atoms. The van der Waals surface area contributed by atoms with Gasteiger partial charge in [-0.15, -0.1) is 11.3 Å². The van der Waals surface area contributed by atoms with Gasteiger partial charge in [0.2, 0.25) is 0 Å². The highest BCUT2D eigenvalue weighted by Gasteiger charge is 2.33. The van der Waals surface area contributed by atoms with Gasteiger partial charge in [-0.25, -0.2) is 4.79 Å². The minimum atomic E-state index is -0.822. The van der Waals surface area contributed by atoms with Gasteiger partial charge in [-0.1, -0.05) is 44.9 Å². The molecule has 0 saturated carbocycles. The van der Waals surface area contributed by atoms with E-state index in [0.717, 1.165) is 47.5 Å². The molecule has 0 bridgehead atoms. The summed E-state index contributed by atoms with van der Waals surface area (Å²) in [5.41, 5.74) is 3.62. The van der Waals surface area contributed by atoms with E-state index in [1.54, 1.807) is 11.3 Å². The van der Waals surface area contributed by atoms with Crippen LogP contribution in [0.2, 0.25) is 0 Å². The van der Waals surface area contributed by atoms with Crippen molar-refractivity contribution in [2.75, 3.05) is 10.8 Å². The molecule has 3 nitrogen and oxygen atoms in total. The van der Waals surface area contributed by atoms with Crippen LogP contribution >= 0.6 is 24.2 Å². The maximum Gasteiger partial charge on any atom is 0.337 e. The van der Waals surface area contributed by atoms with E-state index in [-0.39, 0.29) is 5.41 Å². The second kappa shape index (κ2) is 6.45. The molecule has 0 saturated heterocycles. The van der Waals surface area contributed by atoms with Gasteiger partial charge in [0, 0.05) is 17.0 Å². The van der Waals surface area contributed by atoms with Gasteiger partial charge in [-0.3, -0.25) is 0 Å². The first-order valence-electron chi connectivity index (χ1n) is 8.27. The molecule has 0 unspecified atom stereocenters. The lowest BCUT2D eigenvalue weighted by Gasteiger charge is -2.29. The third-order valence-electron chi connectivity index (χ3n) is 4.72. The monoisotopic (exact) mass is 361 g/mol. The molecule has 0 atom stereocenters. The Morgan fingerprint density at radius 2 is 2.08 bits per heavy atom. The van der Waals surface area contributed by atoms with Gasteiger partial charge in [-0.05, 0) is 43.2 Å². The van der Waals surface area contributed by atoms with Gasteiger partial charge < -0.3 is 9.41 Å². The summed E-state index contributed by atoms with van der Waals surface area (Å²) < 4.78 is 1.86. The lowest BCUT2D eigenvalue weighted by Crippen LogP contribution is -2.22. The second-order valence-corrected chi connectivity index (χ2v) is 8.67. The third kappa shape index (κ3) is 3.07. The topological polar surface area (TPSA) is 40.5 Å². The van der Waals surface area contributed by atoms with Crippen LogP contribution in [0.1, 0.15) is 48.0 Å². The number of hydrogen-bond acceptors (Lipinski definition) is 4. The molecule has 0 radical (unpaired) electrons. The molecule has 1 aliphatic rings. The molecule has 0 fully saturated rings. The largest absolute Gasteiger partial charge is 0.478 e. The number of carbonyl (C=O) groups is 1. The summed E-state index contributed by atoms with van der Waals surface area (Å²) >= 11 is 6.18. The molecule has 1 heterocycles. The number of fused-ring (bicyclic) bond motifs is 1. The van der Waals surface area contributed by atoms with E-state index in [1.807, 2.05) is 35.5 Å². The summed E-state index contributed by atoms with van der Waals surface area (Å²) in [5, 5.41) is 9.90. The fourth-order valence-electron chi connectivity index (χ4n) is 3.40. The molecular formula is C19H23NO2S2. The first-order chi connectivity index (χ1) is 11.3. The summed E-state index contributed by atoms with van der Waals surface area (Å²) in [6.07, 6.45) is 2.91. The summed E-state index contributed by atoms with van der Waals surface area (Å²) in [7, 11) is 0. The standard InChI is InChI=1S/C19H23NO2S2/c1-4-20(23)14-8-6-5-7-12(14)17-16(18(21)22)13-11-19(2,3)10-9-15(13)24-17/h5-8,23H,4,9-11H2,1-3H3,(H,21,22). The Morgan fingerprint density at radius 1 is 1.38 bits per heavy atom. The maximum atomic E-state index is 12.1. The molecular weight excluding hydrogens is 338 g/mol. The highest BCUT2D eigenvalue weighted by molar-refractivity contribution is 7.81. The summed E-state index contributed by atoms with van der Waals surface area (Å²) in [4.78, 5) is 14.2. The van der Waals surface area contributed by atoms with Gasteiger partial charge in [0.05, 0.1) is 16.1 Å². The van der Waals surface area contributed by atoms with Crippen molar-refractivity contribution >= 4 is 35.8 Å². The van der Waals surface area contributed by atoms with Crippen LogP contribution in [0.25, 0.3) is 10.4 Å². The Morgan fingerprint density at radius 3 is 2.75 bits per heavy atom. The number of rotatable bonds is 4. The lowest BCUT2D eigenvalue weighted by molar-refractivity contribution is 0.0696. The van der Waals surface area contributed by atoms with Gasteiger partial charge >= 0.3 is 5.97 Å².